The van der Waals surface area contributed by atoms with E-state index in [-0.39, 0.29) is 39.3 Å². The van der Waals surface area contributed by atoms with E-state index in [1.807, 2.05) is 0 Å². The van der Waals surface area contributed by atoms with E-state index in [4.69, 9.17) is 14.2 Å². The number of ketones is 2. The van der Waals surface area contributed by atoms with Crippen LogP contribution in [0.5, 0.6) is 11.5 Å². The Bertz CT molecular complexity index is 1100. The van der Waals surface area contributed by atoms with Crippen molar-refractivity contribution in [2.45, 2.75) is 33.3 Å². The minimum atomic E-state index is -1.03. The van der Waals surface area contributed by atoms with Crippen LogP contribution >= 0.6 is 0 Å². The lowest BCUT2D eigenvalue weighted by atomic mass is 9.83. The van der Waals surface area contributed by atoms with E-state index in [2.05, 4.69) is 6.58 Å². The molecule has 1 aliphatic rings. The minimum absolute atomic E-state index is 0.118. The Kier molecular flexibility index (Phi) is 5.31. The second-order valence-corrected chi connectivity index (χ2v) is 7.75. The lowest BCUT2D eigenvalue weighted by Crippen LogP contribution is -2.28. The summed E-state index contributed by atoms with van der Waals surface area (Å²) in [5.74, 6) is -2.10. The van der Waals surface area contributed by atoms with E-state index in [0.29, 0.717) is 0 Å². The molecule has 1 aliphatic carbocycles. The SMILES string of the molecule is C=C(C)C(=O)Oc1ccc(OC(=O)OC(C)(C)C)c2c1C(=O)c1ccccc1C2=O. The number of rotatable bonds is 3. The van der Waals surface area contributed by atoms with Crippen molar-refractivity contribution in [2.75, 3.05) is 0 Å². The predicted molar refractivity (Wildman–Crippen MR) is 107 cm³/mol. The first-order valence-corrected chi connectivity index (χ1v) is 9.13. The van der Waals surface area contributed by atoms with Gasteiger partial charge in [-0.25, -0.2) is 9.59 Å². The third-order valence-electron chi connectivity index (χ3n) is 4.13. The quantitative estimate of drug-likeness (QED) is 0.276. The Hall–Kier alpha value is -3.74. The van der Waals surface area contributed by atoms with Gasteiger partial charge in [0, 0.05) is 16.7 Å². The summed E-state index contributed by atoms with van der Waals surface area (Å²) in [6.45, 7) is 9.95. The molecule has 0 radical (unpaired) electrons. The van der Waals surface area contributed by atoms with Gasteiger partial charge in [0.2, 0.25) is 0 Å². The molecule has 0 aromatic heterocycles. The third kappa shape index (κ3) is 4.00. The number of hydrogen-bond acceptors (Lipinski definition) is 7. The Morgan fingerprint density at radius 1 is 0.833 bits per heavy atom. The number of carbonyl (C=O) groups excluding carboxylic acids is 4. The molecule has 0 amide bonds. The molecular weight excluding hydrogens is 388 g/mol. The lowest BCUT2D eigenvalue weighted by molar-refractivity contribution is -0.130. The Labute approximate surface area is 173 Å². The second-order valence-electron chi connectivity index (χ2n) is 7.75. The zero-order valence-electron chi connectivity index (χ0n) is 17.0. The van der Waals surface area contributed by atoms with Crippen molar-refractivity contribution in [1.82, 2.24) is 0 Å². The van der Waals surface area contributed by atoms with E-state index in [0.717, 1.165) is 0 Å². The van der Waals surface area contributed by atoms with Crippen molar-refractivity contribution in [3.05, 3.63) is 70.8 Å². The molecule has 154 valence electrons. The van der Waals surface area contributed by atoms with E-state index in [1.54, 1.807) is 32.9 Å². The fourth-order valence-electron chi connectivity index (χ4n) is 2.88. The molecule has 0 unspecified atom stereocenters. The lowest BCUT2D eigenvalue weighted by Gasteiger charge is -2.23. The molecule has 0 saturated carbocycles. The highest BCUT2D eigenvalue weighted by Gasteiger charge is 2.36. The molecule has 0 N–H and O–H groups in total. The molecule has 0 aliphatic heterocycles. The van der Waals surface area contributed by atoms with Crippen molar-refractivity contribution in [3.8, 4) is 11.5 Å². The fraction of sp³-hybridized carbons (Fsp3) is 0.217. The normalized spacial score (nSPS) is 12.5. The predicted octanol–water partition coefficient (Wildman–Crippen LogP) is 4.26. The molecule has 0 saturated heterocycles. The standard InChI is InChI=1S/C23H20O7/c1-12(2)21(26)28-15-10-11-16(29-22(27)30-23(3,4)5)18-17(15)19(24)13-8-6-7-9-14(13)20(18)25/h6-11H,1H2,2-5H3. The molecule has 0 atom stereocenters. The first-order valence-electron chi connectivity index (χ1n) is 9.13. The number of hydrogen-bond donors (Lipinski definition) is 0. The summed E-state index contributed by atoms with van der Waals surface area (Å²) in [6.07, 6.45) is -1.03. The number of esters is 1. The van der Waals surface area contributed by atoms with Crippen molar-refractivity contribution in [3.63, 3.8) is 0 Å². The molecule has 2 aromatic rings. The van der Waals surface area contributed by atoms with Gasteiger partial charge in [-0.1, -0.05) is 30.8 Å². The van der Waals surface area contributed by atoms with Crippen LogP contribution in [0.25, 0.3) is 0 Å². The number of fused-ring (bicyclic) bond motifs is 2. The number of carbonyl (C=O) groups is 4. The first-order chi connectivity index (χ1) is 14.0. The average Bonchev–Trinajstić information content (AvgIpc) is 2.65. The summed E-state index contributed by atoms with van der Waals surface area (Å²) >= 11 is 0. The van der Waals surface area contributed by atoms with E-state index in [1.165, 1.54) is 31.2 Å². The van der Waals surface area contributed by atoms with Crippen LogP contribution in [-0.4, -0.2) is 29.3 Å². The third-order valence-corrected chi connectivity index (χ3v) is 4.13. The van der Waals surface area contributed by atoms with Gasteiger partial charge in [0.05, 0.1) is 11.1 Å². The van der Waals surface area contributed by atoms with Gasteiger partial charge in [0.1, 0.15) is 17.1 Å². The number of benzene rings is 2. The van der Waals surface area contributed by atoms with Crippen LogP contribution in [0.3, 0.4) is 0 Å². The van der Waals surface area contributed by atoms with Crippen molar-refractivity contribution >= 4 is 23.7 Å². The van der Waals surface area contributed by atoms with Gasteiger partial charge >= 0.3 is 12.1 Å². The molecule has 7 heteroatoms. The summed E-state index contributed by atoms with van der Waals surface area (Å²) in [6, 6.07) is 8.82. The Morgan fingerprint density at radius 3 is 1.73 bits per heavy atom. The van der Waals surface area contributed by atoms with Gasteiger partial charge < -0.3 is 14.2 Å². The highest BCUT2D eigenvalue weighted by molar-refractivity contribution is 6.30. The fourth-order valence-corrected chi connectivity index (χ4v) is 2.88. The maximum Gasteiger partial charge on any atom is 0.514 e. The van der Waals surface area contributed by atoms with Crippen LogP contribution in [0, 0.1) is 0 Å². The van der Waals surface area contributed by atoms with E-state index >= 15 is 0 Å². The van der Waals surface area contributed by atoms with Crippen LogP contribution in [0.1, 0.15) is 59.5 Å². The van der Waals surface area contributed by atoms with Gasteiger partial charge in [-0.2, -0.15) is 0 Å². The summed E-state index contributed by atoms with van der Waals surface area (Å²) in [7, 11) is 0. The maximum absolute atomic E-state index is 13.2. The zero-order chi connectivity index (χ0) is 22.2. The molecule has 0 bridgehead atoms. The molecule has 0 fully saturated rings. The molecule has 3 rings (SSSR count). The van der Waals surface area contributed by atoms with Crippen LogP contribution in [-0.2, 0) is 9.53 Å². The molecule has 7 nitrogen and oxygen atoms in total. The molecule has 0 heterocycles. The smallest absolute Gasteiger partial charge is 0.428 e. The molecule has 30 heavy (non-hydrogen) atoms. The van der Waals surface area contributed by atoms with Crippen LogP contribution in [0.15, 0.2) is 48.6 Å². The molecule has 0 spiro atoms. The number of ether oxygens (including phenoxy) is 3. The van der Waals surface area contributed by atoms with E-state index < -0.39 is 29.3 Å². The molecule has 2 aromatic carbocycles. The van der Waals surface area contributed by atoms with Gasteiger partial charge in [-0.05, 0) is 39.8 Å². The van der Waals surface area contributed by atoms with Crippen LogP contribution < -0.4 is 9.47 Å². The molecular formula is C23H20O7. The average molecular weight is 408 g/mol. The summed E-state index contributed by atoms with van der Waals surface area (Å²) < 4.78 is 15.6. The first kappa shape index (κ1) is 21.0. The van der Waals surface area contributed by atoms with Gasteiger partial charge in [0.15, 0.2) is 11.6 Å². The summed E-state index contributed by atoms with van der Waals surface area (Å²) in [5.41, 5.74) is -0.705. The van der Waals surface area contributed by atoms with Gasteiger partial charge in [-0.15, -0.1) is 0 Å². The Balaban J connectivity index is 2.15. The van der Waals surface area contributed by atoms with E-state index in [9.17, 15) is 19.2 Å². The van der Waals surface area contributed by atoms with Crippen molar-refractivity contribution in [2.24, 2.45) is 0 Å². The second kappa shape index (κ2) is 7.59. The van der Waals surface area contributed by atoms with Crippen molar-refractivity contribution in [1.29, 1.82) is 0 Å². The van der Waals surface area contributed by atoms with Crippen molar-refractivity contribution < 1.29 is 33.4 Å². The van der Waals surface area contributed by atoms with Gasteiger partial charge in [-0.3, -0.25) is 9.59 Å². The Morgan fingerprint density at radius 2 is 1.30 bits per heavy atom. The largest absolute Gasteiger partial charge is 0.514 e. The van der Waals surface area contributed by atoms with Crippen LogP contribution in [0.4, 0.5) is 4.79 Å². The highest BCUT2D eigenvalue weighted by atomic mass is 16.7. The van der Waals surface area contributed by atoms with Crippen LogP contribution in [0.2, 0.25) is 0 Å². The topological polar surface area (TPSA) is 96.0 Å². The minimum Gasteiger partial charge on any atom is -0.428 e. The monoisotopic (exact) mass is 408 g/mol. The highest BCUT2D eigenvalue weighted by Crippen LogP contribution is 2.39. The zero-order valence-corrected chi connectivity index (χ0v) is 17.0. The maximum atomic E-state index is 13.2. The van der Waals surface area contributed by atoms with Gasteiger partial charge in [0.25, 0.3) is 0 Å². The summed E-state index contributed by atoms with van der Waals surface area (Å²) in [5, 5.41) is 0. The summed E-state index contributed by atoms with van der Waals surface area (Å²) in [4.78, 5) is 50.5.